The highest BCUT2D eigenvalue weighted by Crippen LogP contribution is 2.19. The van der Waals surface area contributed by atoms with Gasteiger partial charge in [-0.3, -0.25) is 9.36 Å². The zero-order valence-electron chi connectivity index (χ0n) is 10.7. The van der Waals surface area contributed by atoms with E-state index in [4.69, 9.17) is 0 Å². The van der Waals surface area contributed by atoms with Gasteiger partial charge in [-0.15, -0.1) is 0 Å². The van der Waals surface area contributed by atoms with Gasteiger partial charge in [0.2, 0.25) is 0 Å². The van der Waals surface area contributed by atoms with Crippen LogP contribution in [0.2, 0.25) is 0 Å². The molecular formula is C13H19N5. The number of hydrogen-bond acceptors (Lipinski definition) is 3. The minimum Gasteiger partial charge on any atom is -0.308 e. The second-order valence-corrected chi connectivity index (χ2v) is 4.97. The molecule has 0 aliphatic heterocycles. The Morgan fingerprint density at radius 1 is 1.39 bits per heavy atom. The molecule has 0 saturated heterocycles. The molecule has 0 atom stereocenters. The molecule has 5 nitrogen and oxygen atoms in total. The third kappa shape index (κ3) is 2.79. The molecule has 1 saturated carbocycles. The fourth-order valence-corrected chi connectivity index (χ4v) is 2.08. The Morgan fingerprint density at radius 3 is 3.00 bits per heavy atom. The summed E-state index contributed by atoms with van der Waals surface area (Å²) in [5.41, 5.74) is 2.53. The standard InChI is InChI=1S/C13H19N5/c1-17-10-11(8-16-17)5-7-18-13(4-6-15-18)9-14-12-2-3-12/h4,6,8,10,12,14H,2-3,5,7,9H2,1H3. The average Bonchev–Trinajstić information content (AvgIpc) is 2.93. The highest BCUT2D eigenvalue weighted by atomic mass is 15.3. The second-order valence-electron chi connectivity index (χ2n) is 4.97. The van der Waals surface area contributed by atoms with Crippen molar-refractivity contribution in [3.8, 4) is 0 Å². The average molecular weight is 245 g/mol. The number of nitrogens with zero attached hydrogens (tertiary/aromatic N) is 4. The molecular weight excluding hydrogens is 226 g/mol. The lowest BCUT2D eigenvalue weighted by Crippen LogP contribution is -2.19. The van der Waals surface area contributed by atoms with Crippen molar-refractivity contribution in [2.45, 2.75) is 38.4 Å². The lowest BCUT2D eigenvalue weighted by molar-refractivity contribution is 0.555. The lowest BCUT2D eigenvalue weighted by Gasteiger charge is -2.07. The van der Waals surface area contributed by atoms with E-state index in [1.54, 1.807) is 0 Å². The lowest BCUT2D eigenvalue weighted by atomic mass is 10.2. The molecule has 5 heteroatoms. The second kappa shape index (κ2) is 4.94. The van der Waals surface area contributed by atoms with E-state index in [0.29, 0.717) is 0 Å². The van der Waals surface area contributed by atoms with Gasteiger partial charge in [0, 0.05) is 38.6 Å². The van der Waals surface area contributed by atoms with Crippen LogP contribution in [-0.4, -0.2) is 25.6 Å². The van der Waals surface area contributed by atoms with E-state index in [0.717, 1.165) is 25.6 Å². The van der Waals surface area contributed by atoms with Gasteiger partial charge in [-0.05, 0) is 30.9 Å². The van der Waals surface area contributed by atoms with Crippen LogP contribution in [0.5, 0.6) is 0 Å². The van der Waals surface area contributed by atoms with E-state index in [2.05, 4.69) is 32.5 Å². The minimum atomic E-state index is 0.742. The summed E-state index contributed by atoms with van der Waals surface area (Å²) in [4.78, 5) is 0. The maximum atomic E-state index is 4.39. The van der Waals surface area contributed by atoms with Crippen molar-refractivity contribution in [1.82, 2.24) is 24.9 Å². The zero-order valence-corrected chi connectivity index (χ0v) is 10.7. The predicted molar refractivity (Wildman–Crippen MR) is 69.0 cm³/mol. The molecule has 0 spiro atoms. The van der Waals surface area contributed by atoms with Gasteiger partial charge in [0.15, 0.2) is 0 Å². The van der Waals surface area contributed by atoms with Gasteiger partial charge in [-0.25, -0.2) is 0 Å². The Balaban J connectivity index is 1.56. The zero-order chi connectivity index (χ0) is 12.4. The van der Waals surface area contributed by atoms with Gasteiger partial charge in [-0.2, -0.15) is 10.2 Å². The van der Waals surface area contributed by atoms with Crippen LogP contribution in [0.3, 0.4) is 0 Å². The van der Waals surface area contributed by atoms with Crippen LogP contribution in [0.25, 0.3) is 0 Å². The summed E-state index contributed by atoms with van der Waals surface area (Å²) in [7, 11) is 1.95. The van der Waals surface area contributed by atoms with Crippen molar-refractivity contribution in [2.75, 3.05) is 0 Å². The molecule has 96 valence electrons. The quantitative estimate of drug-likeness (QED) is 0.829. The number of rotatable bonds is 6. The van der Waals surface area contributed by atoms with Crippen molar-refractivity contribution < 1.29 is 0 Å². The van der Waals surface area contributed by atoms with Gasteiger partial charge in [0.05, 0.1) is 11.9 Å². The van der Waals surface area contributed by atoms with E-state index in [-0.39, 0.29) is 0 Å². The Morgan fingerprint density at radius 2 is 2.28 bits per heavy atom. The number of aromatic nitrogens is 4. The maximum absolute atomic E-state index is 4.39. The Labute approximate surface area is 107 Å². The highest BCUT2D eigenvalue weighted by molar-refractivity contribution is 5.05. The number of hydrogen-bond donors (Lipinski definition) is 1. The monoisotopic (exact) mass is 245 g/mol. The largest absolute Gasteiger partial charge is 0.308 e. The van der Waals surface area contributed by atoms with Gasteiger partial charge < -0.3 is 5.32 Å². The number of aryl methyl sites for hydroxylation is 3. The molecule has 1 fully saturated rings. The molecule has 0 unspecified atom stereocenters. The smallest absolute Gasteiger partial charge is 0.0522 e. The molecule has 2 aromatic heterocycles. The van der Waals surface area contributed by atoms with Crippen molar-refractivity contribution in [3.63, 3.8) is 0 Å². The van der Waals surface area contributed by atoms with Crippen LogP contribution in [-0.2, 0) is 26.6 Å². The molecule has 0 radical (unpaired) electrons. The fourth-order valence-electron chi connectivity index (χ4n) is 2.08. The SMILES string of the molecule is Cn1cc(CCn2nccc2CNC2CC2)cn1. The van der Waals surface area contributed by atoms with Crippen LogP contribution in [0.1, 0.15) is 24.1 Å². The summed E-state index contributed by atoms with van der Waals surface area (Å²) in [6.07, 6.45) is 9.49. The Hall–Kier alpha value is -1.62. The maximum Gasteiger partial charge on any atom is 0.0522 e. The van der Waals surface area contributed by atoms with Crippen LogP contribution < -0.4 is 5.32 Å². The third-order valence-corrected chi connectivity index (χ3v) is 3.32. The van der Waals surface area contributed by atoms with Gasteiger partial charge in [-0.1, -0.05) is 0 Å². The first-order chi connectivity index (χ1) is 8.81. The molecule has 2 aromatic rings. The van der Waals surface area contributed by atoms with Crippen molar-refractivity contribution in [3.05, 3.63) is 35.9 Å². The first-order valence-corrected chi connectivity index (χ1v) is 6.53. The molecule has 3 rings (SSSR count). The first kappa shape index (κ1) is 11.5. The molecule has 0 bridgehead atoms. The predicted octanol–water partition coefficient (Wildman–Crippen LogP) is 1.11. The Kier molecular flexibility index (Phi) is 3.15. The first-order valence-electron chi connectivity index (χ1n) is 6.53. The molecule has 1 N–H and O–H groups in total. The topological polar surface area (TPSA) is 47.7 Å². The minimum absolute atomic E-state index is 0.742. The van der Waals surface area contributed by atoms with E-state index < -0.39 is 0 Å². The molecule has 1 aliphatic carbocycles. The molecule has 2 heterocycles. The van der Waals surface area contributed by atoms with Crippen LogP contribution >= 0.6 is 0 Å². The third-order valence-electron chi connectivity index (χ3n) is 3.32. The van der Waals surface area contributed by atoms with Crippen molar-refractivity contribution in [2.24, 2.45) is 7.05 Å². The van der Waals surface area contributed by atoms with E-state index >= 15 is 0 Å². The van der Waals surface area contributed by atoms with Gasteiger partial charge >= 0.3 is 0 Å². The normalized spacial score (nSPS) is 15.2. The van der Waals surface area contributed by atoms with Gasteiger partial charge in [0.25, 0.3) is 0 Å². The molecule has 1 aliphatic rings. The van der Waals surface area contributed by atoms with Crippen LogP contribution in [0.4, 0.5) is 0 Å². The van der Waals surface area contributed by atoms with Crippen molar-refractivity contribution in [1.29, 1.82) is 0 Å². The summed E-state index contributed by atoms with van der Waals surface area (Å²) in [5, 5.41) is 12.1. The summed E-state index contributed by atoms with van der Waals surface area (Å²) < 4.78 is 3.93. The van der Waals surface area contributed by atoms with E-state index in [9.17, 15) is 0 Å². The summed E-state index contributed by atoms with van der Waals surface area (Å²) in [6, 6.07) is 2.84. The fraction of sp³-hybridized carbons (Fsp3) is 0.538. The van der Waals surface area contributed by atoms with Gasteiger partial charge in [0.1, 0.15) is 0 Å². The Bertz CT molecular complexity index is 509. The molecule has 0 aromatic carbocycles. The summed E-state index contributed by atoms with van der Waals surface area (Å²) in [5.74, 6) is 0. The number of nitrogens with one attached hydrogen (secondary N) is 1. The molecule has 0 amide bonds. The van der Waals surface area contributed by atoms with E-state index in [1.165, 1.54) is 24.1 Å². The summed E-state index contributed by atoms with van der Waals surface area (Å²) >= 11 is 0. The highest BCUT2D eigenvalue weighted by Gasteiger charge is 2.20. The van der Waals surface area contributed by atoms with Crippen LogP contribution in [0, 0.1) is 0 Å². The van der Waals surface area contributed by atoms with Crippen LogP contribution in [0.15, 0.2) is 24.7 Å². The van der Waals surface area contributed by atoms with E-state index in [1.807, 2.05) is 24.1 Å². The summed E-state index contributed by atoms with van der Waals surface area (Å²) in [6.45, 7) is 1.85. The van der Waals surface area contributed by atoms with Crippen molar-refractivity contribution >= 4 is 0 Å². The molecule has 18 heavy (non-hydrogen) atoms.